The molecule has 1 aliphatic rings. The van der Waals surface area contributed by atoms with Crippen LogP contribution in [-0.2, 0) is 14.3 Å². The molecule has 0 radical (unpaired) electrons. The lowest BCUT2D eigenvalue weighted by molar-refractivity contribution is -0.138. The number of halogens is 2. The average molecular weight is 475 g/mol. The van der Waals surface area contributed by atoms with Gasteiger partial charge in [-0.15, -0.1) is 0 Å². The minimum absolute atomic E-state index is 0.185. The van der Waals surface area contributed by atoms with E-state index >= 15 is 0 Å². The van der Waals surface area contributed by atoms with Crippen LogP contribution in [-0.4, -0.2) is 34.5 Å². The normalized spacial score (nSPS) is 15.5. The Kier molecular flexibility index (Phi) is 7.21. The Morgan fingerprint density at radius 3 is 2.28 bits per heavy atom. The van der Waals surface area contributed by atoms with E-state index in [0.29, 0.717) is 33.4 Å². The number of carbonyl (C=O) groups excluding carboxylic acids is 2. The predicted molar refractivity (Wildman–Crippen MR) is 129 cm³/mol. The molecule has 0 fully saturated rings. The van der Waals surface area contributed by atoms with Crippen molar-refractivity contribution in [2.24, 2.45) is 5.92 Å². The maximum absolute atomic E-state index is 13.3. The van der Waals surface area contributed by atoms with Crippen molar-refractivity contribution in [3.05, 3.63) is 68.1 Å². The summed E-state index contributed by atoms with van der Waals surface area (Å²) < 4.78 is 7.29. The van der Waals surface area contributed by atoms with E-state index in [4.69, 9.17) is 27.9 Å². The fourth-order valence-electron chi connectivity index (χ4n) is 4.07. The van der Waals surface area contributed by atoms with E-state index in [-0.39, 0.29) is 18.4 Å². The topological polar surface area (TPSA) is 51.5 Å². The van der Waals surface area contributed by atoms with Crippen molar-refractivity contribution in [3.63, 3.8) is 0 Å². The third-order valence-electron chi connectivity index (χ3n) is 5.41. The zero-order valence-electron chi connectivity index (χ0n) is 19.3. The minimum atomic E-state index is -0.480. The van der Waals surface area contributed by atoms with E-state index in [1.54, 1.807) is 30.9 Å². The molecule has 0 saturated heterocycles. The zero-order valence-corrected chi connectivity index (χ0v) is 20.8. The number of amides is 1. The molecule has 0 spiro atoms. The molecule has 3 rings (SSSR count). The van der Waals surface area contributed by atoms with E-state index in [0.717, 1.165) is 22.6 Å². The van der Waals surface area contributed by atoms with Crippen molar-refractivity contribution in [1.29, 1.82) is 0 Å². The highest BCUT2D eigenvalue weighted by molar-refractivity contribution is 6.34. The SMILES string of the molecule is CCOC(=O)C1=C(C)N(CC(C)C)C(=O)/C1=C\c1cc(C)n(-c2cc(Cl)cc(Cl)c2)c1C. The number of ether oxygens (including phenoxy) is 1. The Hall–Kier alpha value is -2.50. The van der Waals surface area contributed by atoms with Crippen molar-refractivity contribution in [2.75, 3.05) is 13.2 Å². The Labute approximate surface area is 199 Å². The molecular formula is C25H28Cl2N2O3. The second-order valence-corrected chi connectivity index (χ2v) is 9.21. The van der Waals surface area contributed by atoms with Gasteiger partial charge in [0, 0.05) is 39.4 Å². The molecule has 170 valence electrons. The average Bonchev–Trinajstić information content (AvgIpc) is 3.08. The molecule has 7 heteroatoms. The Morgan fingerprint density at radius 2 is 1.72 bits per heavy atom. The Morgan fingerprint density at radius 1 is 1.09 bits per heavy atom. The van der Waals surface area contributed by atoms with E-state index in [1.165, 1.54) is 0 Å². The smallest absolute Gasteiger partial charge is 0.340 e. The van der Waals surface area contributed by atoms with Crippen LogP contribution in [0, 0.1) is 19.8 Å². The van der Waals surface area contributed by atoms with E-state index in [9.17, 15) is 9.59 Å². The van der Waals surface area contributed by atoms with Crippen LogP contribution in [0.15, 0.2) is 41.1 Å². The van der Waals surface area contributed by atoms with E-state index in [1.807, 2.05) is 50.5 Å². The number of nitrogens with zero attached hydrogens (tertiary/aromatic N) is 2. The molecule has 5 nitrogen and oxygen atoms in total. The van der Waals surface area contributed by atoms with Gasteiger partial charge in [-0.2, -0.15) is 0 Å². The van der Waals surface area contributed by atoms with Crippen LogP contribution in [0.4, 0.5) is 0 Å². The van der Waals surface area contributed by atoms with Gasteiger partial charge in [-0.25, -0.2) is 4.79 Å². The predicted octanol–water partition coefficient (Wildman–Crippen LogP) is 6.12. The lowest BCUT2D eigenvalue weighted by Crippen LogP contribution is -2.28. The number of hydrogen-bond acceptors (Lipinski definition) is 3. The van der Waals surface area contributed by atoms with Gasteiger partial charge in [0.25, 0.3) is 5.91 Å². The molecule has 2 heterocycles. The number of aromatic nitrogens is 1. The number of esters is 1. The van der Waals surface area contributed by atoms with Crippen LogP contribution in [0.1, 0.15) is 44.6 Å². The fraction of sp³-hybridized carbons (Fsp3) is 0.360. The molecule has 0 atom stereocenters. The molecule has 2 aromatic rings. The summed E-state index contributed by atoms with van der Waals surface area (Å²) in [5.74, 6) is -0.407. The largest absolute Gasteiger partial charge is 0.462 e. The second-order valence-electron chi connectivity index (χ2n) is 8.34. The summed E-state index contributed by atoms with van der Waals surface area (Å²) in [7, 11) is 0. The number of benzene rings is 1. The number of hydrogen-bond donors (Lipinski definition) is 0. The maximum Gasteiger partial charge on any atom is 0.340 e. The summed E-state index contributed by atoms with van der Waals surface area (Å²) in [6.07, 6.45) is 1.78. The summed E-state index contributed by atoms with van der Waals surface area (Å²) in [5.41, 5.74) is 4.84. The van der Waals surface area contributed by atoms with Crippen molar-refractivity contribution < 1.29 is 14.3 Å². The standard InChI is InChI=1S/C25H28Cl2N2O3/c1-7-32-25(31)23-17(6)28(13-14(2)3)24(30)22(23)9-18-8-15(4)29(16(18)5)21-11-19(26)10-20(27)12-21/h8-12,14H,7,13H2,1-6H3/b22-9-. The molecule has 0 saturated carbocycles. The van der Waals surface area contributed by atoms with Gasteiger partial charge in [0.05, 0.1) is 17.8 Å². The molecule has 1 amide bonds. The van der Waals surface area contributed by atoms with Gasteiger partial charge in [0.15, 0.2) is 0 Å². The van der Waals surface area contributed by atoms with Crippen molar-refractivity contribution >= 4 is 41.2 Å². The molecular weight excluding hydrogens is 447 g/mol. The molecule has 0 unspecified atom stereocenters. The highest BCUT2D eigenvalue weighted by atomic mass is 35.5. The highest BCUT2D eigenvalue weighted by Crippen LogP contribution is 2.34. The Balaban J connectivity index is 2.13. The van der Waals surface area contributed by atoms with Gasteiger partial charge in [-0.1, -0.05) is 37.0 Å². The second kappa shape index (κ2) is 9.55. The summed E-state index contributed by atoms with van der Waals surface area (Å²) in [6, 6.07) is 7.34. The third-order valence-corrected chi connectivity index (χ3v) is 5.85. The van der Waals surface area contributed by atoms with Crippen molar-refractivity contribution in [3.8, 4) is 5.69 Å². The number of rotatable bonds is 6. The van der Waals surface area contributed by atoms with Crippen LogP contribution in [0.5, 0.6) is 0 Å². The summed E-state index contributed by atoms with van der Waals surface area (Å²) >= 11 is 12.4. The zero-order chi connectivity index (χ0) is 23.7. The fourth-order valence-corrected chi connectivity index (χ4v) is 4.58. The van der Waals surface area contributed by atoms with Crippen molar-refractivity contribution in [2.45, 2.75) is 41.5 Å². The van der Waals surface area contributed by atoms with Gasteiger partial charge in [-0.05, 0) is 69.5 Å². The van der Waals surface area contributed by atoms with Gasteiger partial charge < -0.3 is 14.2 Å². The first-order valence-corrected chi connectivity index (χ1v) is 11.4. The molecule has 32 heavy (non-hydrogen) atoms. The van der Waals surface area contributed by atoms with Gasteiger partial charge >= 0.3 is 5.97 Å². The van der Waals surface area contributed by atoms with Crippen LogP contribution in [0.3, 0.4) is 0 Å². The molecule has 0 bridgehead atoms. The summed E-state index contributed by atoms with van der Waals surface area (Å²) in [6.45, 7) is 12.3. The van der Waals surface area contributed by atoms with E-state index < -0.39 is 5.97 Å². The molecule has 0 aliphatic carbocycles. The highest BCUT2D eigenvalue weighted by Gasteiger charge is 2.37. The minimum Gasteiger partial charge on any atom is -0.462 e. The first kappa shape index (κ1) is 24.1. The quantitative estimate of drug-likeness (QED) is 0.374. The molecule has 1 aliphatic heterocycles. The Bertz CT molecular complexity index is 1120. The lowest BCUT2D eigenvalue weighted by Gasteiger charge is -2.19. The van der Waals surface area contributed by atoms with Crippen molar-refractivity contribution in [1.82, 2.24) is 9.47 Å². The van der Waals surface area contributed by atoms with Gasteiger partial charge in [0.1, 0.15) is 0 Å². The maximum atomic E-state index is 13.3. The monoisotopic (exact) mass is 474 g/mol. The molecule has 1 aromatic carbocycles. The van der Waals surface area contributed by atoms with Crippen LogP contribution in [0.25, 0.3) is 11.8 Å². The van der Waals surface area contributed by atoms with Gasteiger partial charge in [0.2, 0.25) is 0 Å². The number of allylic oxidation sites excluding steroid dienone is 1. The summed E-state index contributed by atoms with van der Waals surface area (Å²) in [5, 5.41) is 1.08. The first-order valence-electron chi connectivity index (χ1n) is 10.6. The lowest BCUT2D eigenvalue weighted by atomic mass is 10.0. The number of aryl methyl sites for hydroxylation is 1. The van der Waals surface area contributed by atoms with Gasteiger partial charge in [-0.3, -0.25) is 4.79 Å². The van der Waals surface area contributed by atoms with E-state index in [2.05, 4.69) is 0 Å². The first-order chi connectivity index (χ1) is 15.0. The van der Waals surface area contributed by atoms with Crippen LogP contribution in [0.2, 0.25) is 10.0 Å². The molecule has 0 N–H and O–H groups in total. The summed E-state index contributed by atoms with van der Waals surface area (Å²) in [4.78, 5) is 27.7. The third kappa shape index (κ3) is 4.64. The number of carbonyl (C=O) groups is 2. The van der Waals surface area contributed by atoms with Crippen LogP contribution >= 0.6 is 23.2 Å². The van der Waals surface area contributed by atoms with Crippen LogP contribution < -0.4 is 0 Å². The molecule has 1 aromatic heterocycles.